The minimum Gasteiger partial charge on any atom is -0.480 e. The summed E-state index contributed by atoms with van der Waals surface area (Å²) in [6, 6.07) is -1.04. The van der Waals surface area contributed by atoms with Crippen molar-refractivity contribution in [3.63, 3.8) is 0 Å². The van der Waals surface area contributed by atoms with E-state index in [0.29, 0.717) is 19.3 Å². The van der Waals surface area contributed by atoms with E-state index >= 15 is 0 Å². The number of carbonyl (C=O) groups excluding carboxylic acids is 3. The van der Waals surface area contributed by atoms with E-state index in [-0.39, 0.29) is 36.0 Å². The number of rotatable bonds is 49. The molecule has 360 valence electrons. The number of nitrogens with one attached hydrogen (secondary N) is 1. The molecule has 1 amide bonds. The maximum atomic E-state index is 12.9. The average Bonchev–Trinajstić information content (AvgIpc) is 3.24. The van der Waals surface area contributed by atoms with Gasteiger partial charge in [0.15, 0.2) is 0 Å². The number of unbranched alkanes of at least 4 members (excludes halogenated alkanes) is 34. The third-order valence-corrected chi connectivity index (χ3v) is 13.1. The fourth-order valence-corrected chi connectivity index (χ4v) is 8.93. The Bertz CT molecular complexity index is 995. The third-order valence-electron chi connectivity index (χ3n) is 11.9. The molecular formula is C52H99NO7S. The van der Waals surface area contributed by atoms with Gasteiger partial charge >= 0.3 is 17.9 Å². The summed E-state index contributed by atoms with van der Waals surface area (Å²) in [4.78, 5) is 50.2. The first-order valence-corrected chi connectivity index (χ1v) is 27.4. The summed E-state index contributed by atoms with van der Waals surface area (Å²) in [7, 11) is 0. The summed E-state index contributed by atoms with van der Waals surface area (Å²) >= 11 is 1.30. The lowest BCUT2D eigenvalue weighted by Gasteiger charge is -2.19. The number of ether oxygens (including phenoxy) is 2. The van der Waals surface area contributed by atoms with Crippen molar-refractivity contribution in [1.29, 1.82) is 0 Å². The zero-order chi connectivity index (χ0) is 44.7. The Hall–Kier alpha value is -1.77. The van der Waals surface area contributed by atoms with E-state index in [9.17, 15) is 24.3 Å². The van der Waals surface area contributed by atoms with E-state index in [2.05, 4.69) is 26.1 Å². The Kier molecular flexibility index (Phi) is 46.3. The quantitative estimate of drug-likeness (QED) is 0.0458. The Morgan fingerprint density at radius 2 is 0.738 bits per heavy atom. The molecule has 0 fully saturated rings. The summed E-state index contributed by atoms with van der Waals surface area (Å²) in [5.74, 6) is -1.50. The Labute approximate surface area is 381 Å². The van der Waals surface area contributed by atoms with Crippen LogP contribution < -0.4 is 5.32 Å². The molecule has 0 saturated carbocycles. The normalized spacial score (nSPS) is 12.3. The van der Waals surface area contributed by atoms with Gasteiger partial charge in [-0.1, -0.05) is 239 Å². The smallest absolute Gasteiger partial charge is 0.327 e. The number of aliphatic carboxylic acids is 1. The van der Waals surface area contributed by atoms with Crippen LogP contribution in [0.25, 0.3) is 0 Å². The number of hydrogen-bond donors (Lipinski definition) is 2. The summed E-state index contributed by atoms with van der Waals surface area (Å²) in [5.41, 5.74) is 0. The van der Waals surface area contributed by atoms with Crippen molar-refractivity contribution in [3.8, 4) is 0 Å². The van der Waals surface area contributed by atoms with E-state index in [1.807, 2.05) is 0 Å². The molecule has 0 spiro atoms. The highest BCUT2D eigenvalue weighted by molar-refractivity contribution is 7.99. The van der Waals surface area contributed by atoms with Crippen molar-refractivity contribution in [3.05, 3.63) is 0 Å². The molecule has 0 bridgehead atoms. The van der Waals surface area contributed by atoms with Crippen molar-refractivity contribution in [1.82, 2.24) is 5.32 Å². The van der Waals surface area contributed by atoms with Crippen LogP contribution in [0.3, 0.4) is 0 Å². The molecule has 61 heavy (non-hydrogen) atoms. The summed E-state index contributed by atoms with van der Waals surface area (Å²) in [6.07, 6.45) is 45.5. The molecule has 0 saturated heterocycles. The maximum absolute atomic E-state index is 12.9. The van der Waals surface area contributed by atoms with Crippen molar-refractivity contribution >= 4 is 35.6 Å². The summed E-state index contributed by atoms with van der Waals surface area (Å²) in [5, 5.41) is 12.5. The van der Waals surface area contributed by atoms with Crippen LogP contribution in [-0.4, -0.2) is 59.2 Å². The van der Waals surface area contributed by atoms with Gasteiger partial charge in [-0.15, -0.1) is 0 Å². The summed E-state index contributed by atoms with van der Waals surface area (Å²) < 4.78 is 11.4. The minimum absolute atomic E-state index is 0.0441. The number of carbonyl (C=O) groups is 4. The van der Waals surface area contributed by atoms with Crippen LogP contribution in [0, 0.1) is 0 Å². The van der Waals surface area contributed by atoms with E-state index in [1.54, 1.807) is 0 Å². The zero-order valence-electron chi connectivity index (χ0n) is 40.4. The van der Waals surface area contributed by atoms with Crippen LogP contribution >= 0.6 is 11.8 Å². The summed E-state index contributed by atoms with van der Waals surface area (Å²) in [6.45, 7) is 6.71. The van der Waals surface area contributed by atoms with Crippen molar-refractivity contribution in [2.24, 2.45) is 0 Å². The van der Waals surface area contributed by atoms with Crippen LogP contribution in [0.15, 0.2) is 0 Å². The molecule has 0 aromatic rings. The maximum Gasteiger partial charge on any atom is 0.327 e. The fourth-order valence-electron chi connectivity index (χ4n) is 7.90. The Balaban J connectivity index is 4.60. The number of esters is 2. The Morgan fingerprint density at radius 1 is 0.426 bits per heavy atom. The molecule has 0 unspecified atom stereocenters. The second-order valence-electron chi connectivity index (χ2n) is 18.1. The van der Waals surface area contributed by atoms with Gasteiger partial charge in [-0.05, 0) is 19.3 Å². The second-order valence-corrected chi connectivity index (χ2v) is 19.1. The number of carboxylic acids is 1. The lowest BCUT2D eigenvalue weighted by atomic mass is 10.0. The van der Waals surface area contributed by atoms with Crippen LogP contribution in [0.2, 0.25) is 0 Å². The first-order valence-electron chi connectivity index (χ1n) is 26.3. The zero-order valence-corrected chi connectivity index (χ0v) is 41.2. The van der Waals surface area contributed by atoms with Crippen LogP contribution in [0.1, 0.15) is 278 Å². The Morgan fingerprint density at radius 3 is 1.08 bits per heavy atom. The number of amides is 1. The van der Waals surface area contributed by atoms with Gasteiger partial charge in [0.2, 0.25) is 5.91 Å². The molecule has 8 nitrogen and oxygen atoms in total. The molecule has 2 N–H and O–H groups in total. The average molecular weight is 882 g/mol. The topological polar surface area (TPSA) is 119 Å². The van der Waals surface area contributed by atoms with Gasteiger partial charge in [0, 0.05) is 30.8 Å². The van der Waals surface area contributed by atoms with Crippen molar-refractivity contribution < 1.29 is 33.8 Å². The van der Waals surface area contributed by atoms with Gasteiger partial charge in [0.25, 0.3) is 0 Å². The van der Waals surface area contributed by atoms with E-state index in [0.717, 1.165) is 57.8 Å². The highest BCUT2D eigenvalue weighted by Crippen LogP contribution is 2.17. The van der Waals surface area contributed by atoms with Crippen molar-refractivity contribution in [2.45, 2.75) is 290 Å². The molecule has 9 heteroatoms. The van der Waals surface area contributed by atoms with E-state index in [4.69, 9.17) is 9.47 Å². The van der Waals surface area contributed by atoms with Gasteiger partial charge in [0.1, 0.15) is 18.8 Å². The molecule has 0 aromatic carbocycles. The van der Waals surface area contributed by atoms with E-state index in [1.165, 1.54) is 192 Å². The molecule has 0 aliphatic carbocycles. The molecule has 0 aliphatic rings. The number of hydrogen-bond acceptors (Lipinski definition) is 7. The molecule has 0 radical (unpaired) electrons. The first kappa shape index (κ1) is 59.2. The van der Waals surface area contributed by atoms with Gasteiger partial charge in [-0.3, -0.25) is 14.4 Å². The first-order chi connectivity index (χ1) is 29.8. The van der Waals surface area contributed by atoms with Gasteiger partial charge in [-0.25, -0.2) is 4.79 Å². The molecule has 0 aliphatic heterocycles. The highest BCUT2D eigenvalue weighted by Gasteiger charge is 2.23. The SMILES string of the molecule is CCCCCCCCCCCCCCCC(=O)OC[C@H](CSC[C@@H](NC(=O)CCCCCCCCCCCCC)C(=O)O)OC(=O)CCCCCCCCCCCCCCC. The predicted molar refractivity (Wildman–Crippen MR) is 259 cm³/mol. The third kappa shape index (κ3) is 44.6. The van der Waals surface area contributed by atoms with Crippen LogP contribution in [0.5, 0.6) is 0 Å². The standard InChI is InChI=1S/C52H99NO7S/c1-4-7-10-13-16-19-22-24-27-30-33-36-39-42-50(55)59-44-47(60-51(56)43-40-37-34-31-28-25-23-20-17-14-11-8-5-2)45-61-46-48(52(57)58)53-49(54)41-38-35-32-29-26-21-18-15-12-9-6-3/h47-48H,4-46H2,1-3H3,(H,53,54)(H,57,58)/t47-,48-/m1/s1. The minimum atomic E-state index is -1.08. The second kappa shape index (κ2) is 47.7. The van der Waals surface area contributed by atoms with Crippen LogP contribution in [-0.2, 0) is 28.7 Å². The predicted octanol–water partition coefficient (Wildman–Crippen LogP) is 15.4. The number of carboxylic acid groups (broad SMARTS) is 1. The van der Waals surface area contributed by atoms with Crippen LogP contribution in [0.4, 0.5) is 0 Å². The number of thioether (sulfide) groups is 1. The highest BCUT2D eigenvalue weighted by atomic mass is 32.2. The molecule has 0 aromatic heterocycles. The van der Waals surface area contributed by atoms with Gasteiger partial charge in [-0.2, -0.15) is 11.8 Å². The molecular weight excluding hydrogens is 783 g/mol. The van der Waals surface area contributed by atoms with E-state index < -0.39 is 18.1 Å². The largest absolute Gasteiger partial charge is 0.480 e. The molecule has 2 atom stereocenters. The van der Waals surface area contributed by atoms with Gasteiger partial charge in [0.05, 0.1) is 0 Å². The lowest BCUT2D eigenvalue weighted by molar-refractivity contribution is -0.157. The lowest BCUT2D eigenvalue weighted by Crippen LogP contribution is -2.42. The van der Waals surface area contributed by atoms with Gasteiger partial charge < -0.3 is 19.9 Å². The monoisotopic (exact) mass is 882 g/mol. The molecule has 0 rings (SSSR count). The molecule has 0 heterocycles. The van der Waals surface area contributed by atoms with Crippen molar-refractivity contribution in [2.75, 3.05) is 18.1 Å². The fraction of sp³-hybridized carbons (Fsp3) is 0.923.